The van der Waals surface area contributed by atoms with Gasteiger partial charge in [-0.3, -0.25) is 0 Å². The number of aromatic amines is 1. The van der Waals surface area contributed by atoms with E-state index in [9.17, 15) is 4.39 Å². The van der Waals surface area contributed by atoms with E-state index < -0.39 is 0 Å². The smallest absolute Gasteiger partial charge is 0.170 e. The lowest BCUT2D eigenvalue weighted by Crippen LogP contribution is -1.79. The number of H-pyrrole nitrogens is 1. The second-order valence-electron chi connectivity index (χ2n) is 3.70. The number of aromatic nitrogens is 1. The molecule has 1 N–H and O–H groups in total. The summed E-state index contributed by atoms with van der Waals surface area (Å²) in [5.74, 6) is 0.222. The van der Waals surface area contributed by atoms with Crippen molar-refractivity contribution in [3.8, 4) is 11.5 Å². The van der Waals surface area contributed by atoms with Crippen molar-refractivity contribution >= 4 is 23.2 Å². The number of furan rings is 1. The van der Waals surface area contributed by atoms with E-state index in [1.807, 2.05) is 18.2 Å². The van der Waals surface area contributed by atoms with Gasteiger partial charge < -0.3 is 9.40 Å². The number of halogens is 1. The summed E-state index contributed by atoms with van der Waals surface area (Å²) in [5.41, 5.74) is 1.01. The van der Waals surface area contributed by atoms with Gasteiger partial charge in [0.1, 0.15) is 4.64 Å². The predicted molar refractivity (Wildman–Crippen MR) is 66.8 cm³/mol. The van der Waals surface area contributed by atoms with E-state index in [1.54, 1.807) is 18.2 Å². The highest BCUT2D eigenvalue weighted by molar-refractivity contribution is 7.71. The van der Waals surface area contributed by atoms with Crippen molar-refractivity contribution in [1.29, 1.82) is 0 Å². The molecule has 17 heavy (non-hydrogen) atoms. The van der Waals surface area contributed by atoms with Crippen LogP contribution in [0.25, 0.3) is 22.4 Å². The van der Waals surface area contributed by atoms with Crippen LogP contribution < -0.4 is 0 Å². The summed E-state index contributed by atoms with van der Waals surface area (Å²) in [4.78, 5) is 3.00. The molecular formula is C13H8FNOS. The summed E-state index contributed by atoms with van der Waals surface area (Å²) < 4.78 is 19.6. The molecule has 0 aliphatic heterocycles. The third-order valence-corrected chi connectivity index (χ3v) is 2.77. The summed E-state index contributed by atoms with van der Waals surface area (Å²) in [6.07, 6.45) is 0. The number of pyridine rings is 1. The van der Waals surface area contributed by atoms with Crippen LogP contribution in [0.1, 0.15) is 0 Å². The molecule has 0 amide bonds. The van der Waals surface area contributed by atoms with Gasteiger partial charge in [0.05, 0.1) is 5.69 Å². The average Bonchev–Trinajstić information content (AvgIpc) is 2.74. The Hall–Kier alpha value is -1.94. The highest BCUT2D eigenvalue weighted by Crippen LogP contribution is 2.27. The van der Waals surface area contributed by atoms with Gasteiger partial charge in [0.25, 0.3) is 0 Å². The minimum atomic E-state index is -0.358. The van der Waals surface area contributed by atoms with E-state index in [0.717, 1.165) is 11.1 Å². The molecule has 3 aromatic rings. The maximum absolute atomic E-state index is 13.5. The second-order valence-corrected chi connectivity index (χ2v) is 4.14. The zero-order chi connectivity index (χ0) is 11.8. The minimum Gasteiger partial charge on any atom is -0.451 e. The molecule has 0 fully saturated rings. The minimum absolute atomic E-state index is 0.269. The highest BCUT2D eigenvalue weighted by atomic mass is 32.1. The molecule has 4 heteroatoms. The van der Waals surface area contributed by atoms with Crippen LogP contribution in [0.2, 0.25) is 0 Å². The molecule has 3 rings (SSSR count). The number of fused-ring (bicyclic) bond motifs is 1. The molecule has 0 saturated heterocycles. The summed E-state index contributed by atoms with van der Waals surface area (Å²) in [7, 11) is 0. The number of rotatable bonds is 1. The van der Waals surface area contributed by atoms with Crippen LogP contribution in [0.4, 0.5) is 4.39 Å². The molecular weight excluding hydrogens is 237 g/mol. The third-order valence-electron chi connectivity index (χ3n) is 2.53. The molecule has 0 unspecified atom stereocenters. The maximum atomic E-state index is 13.5. The van der Waals surface area contributed by atoms with Crippen LogP contribution in [0.15, 0.2) is 46.9 Å². The third kappa shape index (κ3) is 1.76. The summed E-state index contributed by atoms with van der Waals surface area (Å²) in [5, 5.41) is 0.739. The molecule has 0 atom stereocenters. The molecule has 0 radical (unpaired) electrons. The van der Waals surface area contributed by atoms with E-state index in [1.165, 1.54) is 6.07 Å². The summed E-state index contributed by atoms with van der Waals surface area (Å²) >= 11 is 5.03. The largest absolute Gasteiger partial charge is 0.451 e. The predicted octanol–water partition coefficient (Wildman–Crippen LogP) is 4.30. The van der Waals surface area contributed by atoms with Gasteiger partial charge >= 0.3 is 0 Å². The molecule has 2 aromatic heterocycles. The molecule has 2 nitrogen and oxygen atoms in total. The van der Waals surface area contributed by atoms with E-state index in [2.05, 4.69) is 4.98 Å². The molecule has 0 bridgehead atoms. The van der Waals surface area contributed by atoms with Crippen LogP contribution in [-0.2, 0) is 0 Å². The standard InChI is InChI=1S/C13H8FNOS/c14-9-4-1-3-8-7-11(16-13(8)9)10-5-2-6-12(17)15-10/h1-7H,(H,15,17). The summed E-state index contributed by atoms with van der Waals surface area (Å²) in [6, 6.07) is 12.1. The molecule has 84 valence electrons. The molecule has 1 aromatic carbocycles. The van der Waals surface area contributed by atoms with Crippen molar-refractivity contribution in [2.24, 2.45) is 0 Å². The van der Waals surface area contributed by atoms with Gasteiger partial charge in [-0.1, -0.05) is 30.4 Å². The van der Waals surface area contributed by atoms with Gasteiger partial charge in [0.2, 0.25) is 0 Å². The van der Waals surface area contributed by atoms with Gasteiger partial charge in [-0.2, -0.15) is 0 Å². The van der Waals surface area contributed by atoms with Crippen molar-refractivity contribution in [2.45, 2.75) is 0 Å². The molecule has 0 aliphatic carbocycles. The highest BCUT2D eigenvalue weighted by Gasteiger charge is 2.09. The Morgan fingerprint density at radius 3 is 2.71 bits per heavy atom. The van der Waals surface area contributed by atoms with Crippen LogP contribution in [0.3, 0.4) is 0 Å². The molecule has 0 saturated carbocycles. The number of para-hydroxylation sites is 1. The van der Waals surface area contributed by atoms with Crippen LogP contribution >= 0.6 is 12.2 Å². The Morgan fingerprint density at radius 1 is 1.12 bits per heavy atom. The van der Waals surface area contributed by atoms with E-state index >= 15 is 0 Å². The zero-order valence-corrected chi connectivity index (χ0v) is 9.55. The Morgan fingerprint density at radius 2 is 1.94 bits per heavy atom. The Kier molecular flexibility index (Phi) is 2.30. The zero-order valence-electron chi connectivity index (χ0n) is 8.74. The van der Waals surface area contributed by atoms with E-state index in [-0.39, 0.29) is 11.4 Å². The van der Waals surface area contributed by atoms with Gasteiger partial charge in [-0.15, -0.1) is 0 Å². The maximum Gasteiger partial charge on any atom is 0.170 e. The fraction of sp³-hybridized carbons (Fsp3) is 0. The number of benzene rings is 1. The first kappa shape index (κ1) is 10.2. The van der Waals surface area contributed by atoms with Crippen molar-refractivity contribution in [2.75, 3.05) is 0 Å². The summed E-state index contributed by atoms with van der Waals surface area (Å²) in [6.45, 7) is 0. The normalized spacial score (nSPS) is 10.9. The fourth-order valence-electron chi connectivity index (χ4n) is 1.75. The van der Waals surface area contributed by atoms with Crippen molar-refractivity contribution in [1.82, 2.24) is 4.98 Å². The Labute approximate surface area is 102 Å². The van der Waals surface area contributed by atoms with Gasteiger partial charge in [0, 0.05) is 5.39 Å². The monoisotopic (exact) mass is 245 g/mol. The second kappa shape index (κ2) is 3.82. The molecule has 0 spiro atoms. The molecule has 0 aliphatic rings. The average molecular weight is 245 g/mol. The first-order valence-corrected chi connectivity index (χ1v) is 5.52. The topological polar surface area (TPSA) is 28.9 Å². The van der Waals surface area contributed by atoms with Gasteiger partial charge in [-0.25, -0.2) is 4.39 Å². The van der Waals surface area contributed by atoms with E-state index in [0.29, 0.717) is 10.4 Å². The fourth-order valence-corrected chi connectivity index (χ4v) is 1.94. The van der Waals surface area contributed by atoms with Gasteiger partial charge in [0.15, 0.2) is 17.2 Å². The lowest BCUT2D eigenvalue weighted by atomic mass is 10.2. The van der Waals surface area contributed by atoms with E-state index in [4.69, 9.17) is 16.6 Å². The van der Waals surface area contributed by atoms with Crippen molar-refractivity contribution in [3.63, 3.8) is 0 Å². The van der Waals surface area contributed by atoms with Crippen molar-refractivity contribution < 1.29 is 8.81 Å². The first-order valence-electron chi connectivity index (χ1n) is 5.12. The van der Waals surface area contributed by atoms with Crippen LogP contribution in [0.5, 0.6) is 0 Å². The van der Waals surface area contributed by atoms with Gasteiger partial charge in [-0.05, 0) is 24.3 Å². The lowest BCUT2D eigenvalue weighted by molar-refractivity contribution is 0.567. The molecule has 2 heterocycles. The SMILES string of the molecule is Fc1cccc2cc(-c3cccc(=S)[nH]3)oc12. The first-order chi connectivity index (χ1) is 8.24. The van der Waals surface area contributed by atoms with Crippen LogP contribution in [-0.4, -0.2) is 4.98 Å². The number of hydrogen-bond donors (Lipinski definition) is 1. The quantitative estimate of drug-likeness (QED) is 0.648. The lowest BCUT2D eigenvalue weighted by Gasteiger charge is -1.95. The number of nitrogens with one attached hydrogen (secondary N) is 1. The number of hydrogen-bond acceptors (Lipinski definition) is 2. The Balaban J connectivity index is 2.25. The van der Waals surface area contributed by atoms with Crippen molar-refractivity contribution in [3.05, 3.63) is 52.9 Å². The van der Waals surface area contributed by atoms with Crippen LogP contribution in [0, 0.1) is 10.5 Å². The Bertz CT molecular complexity index is 744.